The first-order valence-corrected chi connectivity index (χ1v) is 24.0. The SMILES string of the molecule is c1csc(-c2ccc(-c3cc(-c4cc(-c5ccc(-c6cccs6)s5)sc4-c4ccc(-c5cccs5)s4)c(-c4ccc(-c5cccs5)s4)s3)s2)c1. The Morgan fingerprint density at radius 1 is 0.240 bits per heavy atom. The second kappa shape index (κ2) is 13.5. The van der Waals surface area contributed by atoms with Gasteiger partial charge >= 0.3 is 0 Å². The van der Waals surface area contributed by atoms with Gasteiger partial charge in [-0.15, -0.1) is 113 Å². The molecule has 10 rings (SSSR count). The van der Waals surface area contributed by atoms with Crippen LogP contribution >= 0.6 is 113 Å². The van der Waals surface area contributed by atoms with Crippen LogP contribution in [0.15, 0.2) is 131 Å². The fourth-order valence-electron chi connectivity index (χ4n) is 5.86. The van der Waals surface area contributed by atoms with Gasteiger partial charge in [0.05, 0.1) is 9.75 Å². The maximum absolute atomic E-state index is 2.48. The van der Waals surface area contributed by atoms with Crippen molar-refractivity contribution in [1.29, 1.82) is 0 Å². The van der Waals surface area contributed by atoms with Crippen LogP contribution in [0.4, 0.5) is 0 Å². The minimum Gasteiger partial charge on any atom is -0.143 e. The van der Waals surface area contributed by atoms with Crippen LogP contribution in [0.3, 0.4) is 0 Å². The summed E-state index contributed by atoms with van der Waals surface area (Å²) in [6, 6.07) is 40.9. The lowest BCUT2D eigenvalue weighted by molar-refractivity contribution is 1.79. The van der Waals surface area contributed by atoms with E-state index in [9.17, 15) is 0 Å². The van der Waals surface area contributed by atoms with Crippen molar-refractivity contribution < 1.29 is 0 Å². The summed E-state index contributed by atoms with van der Waals surface area (Å²) in [5.41, 5.74) is 2.66. The molecule has 0 atom stereocenters. The molecule has 10 heteroatoms. The molecule has 0 aromatic carbocycles. The molecular weight excluding hydrogens is 801 g/mol. The molecule has 0 radical (unpaired) electrons. The Kier molecular flexibility index (Phi) is 8.58. The van der Waals surface area contributed by atoms with Gasteiger partial charge in [-0.25, -0.2) is 0 Å². The third-order valence-corrected chi connectivity index (χ3v) is 19.8. The highest BCUT2D eigenvalue weighted by Gasteiger charge is 2.24. The standard InChI is InChI=1S/C40H22S10/c1-5-25(41-17-1)29-9-11-33(45-29)37-21-23(39(49-37)35-15-13-31(47-35)27-7-3-19-43-27)24-22-38(34-12-10-30(46-34)26-6-2-18-42-26)50-40(24)36-16-14-32(48-36)28-8-4-20-44-28/h1-22H. The van der Waals surface area contributed by atoms with E-state index in [1.807, 2.05) is 113 Å². The Bertz CT molecular complexity index is 2450. The topological polar surface area (TPSA) is 0 Å². The molecule has 0 aliphatic carbocycles. The summed E-state index contributed by atoms with van der Waals surface area (Å²) in [6.45, 7) is 0. The van der Waals surface area contributed by atoms with Gasteiger partial charge in [0.1, 0.15) is 0 Å². The predicted octanol–water partition coefficient (Wildman–Crippen LogP) is 17.3. The summed E-state index contributed by atoms with van der Waals surface area (Å²) in [6.07, 6.45) is 0. The number of hydrogen-bond donors (Lipinski definition) is 0. The highest BCUT2D eigenvalue weighted by molar-refractivity contribution is 7.31. The molecule has 242 valence electrons. The van der Waals surface area contributed by atoms with Crippen molar-refractivity contribution in [3.8, 4) is 89.2 Å². The molecule has 0 saturated carbocycles. The summed E-state index contributed by atoms with van der Waals surface area (Å²) < 4.78 is 0. The molecule has 0 aliphatic heterocycles. The van der Waals surface area contributed by atoms with Crippen LogP contribution in [-0.4, -0.2) is 0 Å². The first-order chi connectivity index (χ1) is 24.7. The number of rotatable bonds is 9. The largest absolute Gasteiger partial charge is 0.143 e. The molecule has 0 aliphatic rings. The minimum absolute atomic E-state index is 1.33. The Morgan fingerprint density at radius 2 is 0.520 bits per heavy atom. The molecule has 10 heterocycles. The lowest BCUT2D eigenvalue weighted by atomic mass is 10.0. The van der Waals surface area contributed by atoms with Gasteiger partial charge in [0.2, 0.25) is 0 Å². The fourth-order valence-corrected chi connectivity index (χ4v) is 16.0. The third kappa shape index (κ3) is 5.95. The molecule has 0 nitrogen and oxygen atoms in total. The van der Waals surface area contributed by atoms with Gasteiger partial charge in [0.15, 0.2) is 0 Å². The molecule has 0 bridgehead atoms. The summed E-state index contributed by atoms with van der Waals surface area (Å²) in [7, 11) is 0. The predicted molar refractivity (Wildman–Crippen MR) is 234 cm³/mol. The van der Waals surface area contributed by atoms with E-state index < -0.39 is 0 Å². The smallest absolute Gasteiger partial charge is 0.0528 e. The molecule has 0 fully saturated rings. The van der Waals surface area contributed by atoms with Gasteiger partial charge in [0.25, 0.3) is 0 Å². The van der Waals surface area contributed by atoms with Gasteiger partial charge in [-0.3, -0.25) is 0 Å². The number of thiophene rings is 10. The van der Waals surface area contributed by atoms with E-state index in [1.165, 1.54) is 89.2 Å². The van der Waals surface area contributed by atoms with Gasteiger partial charge in [-0.1, -0.05) is 24.3 Å². The van der Waals surface area contributed by atoms with Gasteiger partial charge < -0.3 is 0 Å². The average Bonchev–Trinajstić information content (AvgIpc) is 4.01. The molecule has 0 unspecified atom stereocenters. The second-order valence-electron chi connectivity index (χ2n) is 11.3. The quantitative estimate of drug-likeness (QED) is 0.136. The lowest BCUT2D eigenvalue weighted by Gasteiger charge is -2.03. The van der Waals surface area contributed by atoms with Crippen molar-refractivity contribution in [2.24, 2.45) is 0 Å². The van der Waals surface area contributed by atoms with E-state index in [0.717, 1.165) is 0 Å². The molecule has 0 spiro atoms. The van der Waals surface area contributed by atoms with Crippen molar-refractivity contribution in [2.45, 2.75) is 0 Å². The van der Waals surface area contributed by atoms with Crippen LogP contribution in [-0.2, 0) is 0 Å². The summed E-state index contributed by atoms with van der Waals surface area (Å²) in [5.74, 6) is 0. The Balaban J connectivity index is 1.15. The molecule has 0 saturated heterocycles. The minimum atomic E-state index is 1.33. The molecule has 0 N–H and O–H groups in total. The average molecular weight is 823 g/mol. The maximum Gasteiger partial charge on any atom is 0.0528 e. The third-order valence-electron chi connectivity index (χ3n) is 8.17. The van der Waals surface area contributed by atoms with E-state index in [2.05, 4.69) is 131 Å². The van der Waals surface area contributed by atoms with Gasteiger partial charge in [-0.05, 0) is 106 Å². The van der Waals surface area contributed by atoms with Crippen molar-refractivity contribution >= 4 is 113 Å². The van der Waals surface area contributed by atoms with E-state index in [-0.39, 0.29) is 0 Å². The van der Waals surface area contributed by atoms with Crippen molar-refractivity contribution in [3.05, 3.63) is 131 Å². The van der Waals surface area contributed by atoms with Crippen LogP contribution in [0.5, 0.6) is 0 Å². The molecular formula is C40H22S10. The van der Waals surface area contributed by atoms with E-state index in [1.54, 1.807) is 0 Å². The van der Waals surface area contributed by atoms with E-state index >= 15 is 0 Å². The van der Waals surface area contributed by atoms with Crippen LogP contribution in [0.1, 0.15) is 0 Å². The zero-order valence-corrected chi connectivity index (χ0v) is 33.9. The maximum atomic E-state index is 2.48. The monoisotopic (exact) mass is 822 g/mol. The zero-order valence-electron chi connectivity index (χ0n) is 25.8. The van der Waals surface area contributed by atoms with Crippen molar-refractivity contribution in [3.63, 3.8) is 0 Å². The lowest BCUT2D eigenvalue weighted by Crippen LogP contribution is -1.76. The normalized spacial score (nSPS) is 11.6. The first kappa shape index (κ1) is 31.7. The molecule has 10 aromatic rings. The summed E-state index contributed by atoms with van der Waals surface area (Å²) in [5, 5.41) is 8.67. The molecule has 10 aromatic heterocycles. The highest BCUT2D eigenvalue weighted by Crippen LogP contribution is 2.55. The fraction of sp³-hybridized carbons (Fsp3) is 0. The van der Waals surface area contributed by atoms with E-state index in [4.69, 9.17) is 0 Å². The summed E-state index contributed by atoms with van der Waals surface area (Å²) in [4.78, 5) is 21.3. The van der Waals surface area contributed by atoms with E-state index in [0.29, 0.717) is 0 Å². The highest BCUT2D eigenvalue weighted by atomic mass is 32.1. The summed E-state index contributed by atoms with van der Waals surface area (Å²) >= 11 is 18.7. The first-order valence-electron chi connectivity index (χ1n) is 15.6. The van der Waals surface area contributed by atoms with Gasteiger partial charge in [0, 0.05) is 79.4 Å². The Labute approximate surface area is 329 Å². The van der Waals surface area contributed by atoms with Crippen LogP contribution in [0.2, 0.25) is 0 Å². The van der Waals surface area contributed by atoms with Crippen LogP contribution in [0.25, 0.3) is 89.2 Å². The second-order valence-corrected chi connectivity index (χ2v) is 21.5. The van der Waals surface area contributed by atoms with Crippen LogP contribution < -0.4 is 0 Å². The van der Waals surface area contributed by atoms with Crippen molar-refractivity contribution in [1.82, 2.24) is 0 Å². The number of hydrogen-bond acceptors (Lipinski definition) is 10. The molecule has 0 amide bonds. The molecule has 50 heavy (non-hydrogen) atoms. The Morgan fingerprint density at radius 3 is 0.820 bits per heavy atom. The zero-order chi connectivity index (χ0) is 33.0. The van der Waals surface area contributed by atoms with Crippen molar-refractivity contribution in [2.75, 3.05) is 0 Å². The Hall–Kier alpha value is -3.00. The van der Waals surface area contributed by atoms with Crippen LogP contribution in [0, 0.1) is 0 Å². The van der Waals surface area contributed by atoms with Gasteiger partial charge in [-0.2, -0.15) is 0 Å².